The zero-order valence-electron chi connectivity index (χ0n) is 19.3. The van der Waals surface area contributed by atoms with Gasteiger partial charge < -0.3 is 0 Å². The van der Waals surface area contributed by atoms with E-state index in [4.69, 9.17) is 0 Å². The van der Waals surface area contributed by atoms with E-state index < -0.39 is 0 Å². The highest BCUT2D eigenvalue weighted by atomic mass is 14.4. The first-order valence-electron chi connectivity index (χ1n) is 11.8. The highest BCUT2D eigenvalue weighted by Gasteiger charge is 2.35. The third kappa shape index (κ3) is 2.44. The summed E-state index contributed by atoms with van der Waals surface area (Å²) in [5.74, 6) is 0. The molecule has 0 N–H and O–H groups in total. The Bertz CT molecular complexity index is 1580. The standard InChI is InChI=1S/C30H22.C2H6/c1-30(2)25-15-12-22-16-20-6-3-4-7-21(20)17-24(22)28(25)23-13-10-18-8-5-9-19-11-14-26(30)29(23)27(18)19;1-2/h3-7,9-17H,8H2,1-2H3;1-2H3. The van der Waals surface area contributed by atoms with Crippen molar-refractivity contribution < 1.29 is 0 Å². The van der Waals surface area contributed by atoms with Crippen LogP contribution in [0.25, 0.3) is 49.5 Å². The molecule has 0 heterocycles. The smallest absolute Gasteiger partial charge is 0.0159 e. The Kier molecular flexibility index (Phi) is 4.11. The van der Waals surface area contributed by atoms with Gasteiger partial charge in [0.15, 0.2) is 0 Å². The first kappa shape index (κ1) is 19.3. The molecular weight excluding hydrogens is 384 g/mol. The van der Waals surface area contributed by atoms with Gasteiger partial charge in [0.1, 0.15) is 0 Å². The lowest BCUT2D eigenvalue weighted by Crippen LogP contribution is -2.24. The first-order valence-corrected chi connectivity index (χ1v) is 11.8. The minimum Gasteiger partial charge on any atom is -0.0795 e. The van der Waals surface area contributed by atoms with Crippen molar-refractivity contribution in [2.75, 3.05) is 0 Å². The van der Waals surface area contributed by atoms with Crippen LogP contribution in [-0.2, 0) is 11.8 Å². The van der Waals surface area contributed by atoms with Gasteiger partial charge in [0.05, 0.1) is 0 Å². The van der Waals surface area contributed by atoms with Crippen LogP contribution in [0.5, 0.6) is 0 Å². The van der Waals surface area contributed by atoms with Crippen LogP contribution in [0.1, 0.15) is 49.9 Å². The molecule has 0 aliphatic heterocycles. The summed E-state index contributed by atoms with van der Waals surface area (Å²) in [6.07, 6.45) is 5.62. The Morgan fingerprint density at radius 2 is 1.44 bits per heavy atom. The van der Waals surface area contributed by atoms with Crippen molar-refractivity contribution >= 4 is 38.4 Å². The van der Waals surface area contributed by atoms with Gasteiger partial charge >= 0.3 is 0 Å². The number of hydrogen-bond donors (Lipinski definition) is 0. The van der Waals surface area contributed by atoms with E-state index in [0.717, 1.165) is 6.42 Å². The Balaban J connectivity index is 0.000000953. The Morgan fingerprint density at radius 1 is 0.688 bits per heavy atom. The second kappa shape index (κ2) is 6.81. The molecule has 32 heavy (non-hydrogen) atoms. The molecule has 0 spiro atoms. The summed E-state index contributed by atoms with van der Waals surface area (Å²) in [6.45, 7) is 8.79. The van der Waals surface area contributed by atoms with Gasteiger partial charge in [-0.25, -0.2) is 0 Å². The number of fused-ring (bicyclic) bond motifs is 5. The van der Waals surface area contributed by atoms with E-state index in [1.165, 1.54) is 65.7 Å². The van der Waals surface area contributed by atoms with Gasteiger partial charge in [-0.15, -0.1) is 0 Å². The molecule has 0 amide bonds. The van der Waals surface area contributed by atoms with Gasteiger partial charge in [-0.1, -0.05) is 101 Å². The van der Waals surface area contributed by atoms with E-state index in [2.05, 4.69) is 98.8 Å². The maximum absolute atomic E-state index is 2.40. The van der Waals surface area contributed by atoms with E-state index in [1.54, 1.807) is 0 Å². The molecule has 5 aromatic carbocycles. The molecule has 156 valence electrons. The van der Waals surface area contributed by atoms with Gasteiger partial charge in [-0.3, -0.25) is 0 Å². The number of hydrogen-bond acceptors (Lipinski definition) is 0. The lowest BCUT2D eigenvalue weighted by molar-refractivity contribution is 0.646. The molecule has 0 unspecified atom stereocenters. The van der Waals surface area contributed by atoms with Crippen molar-refractivity contribution in [2.45, 2.75) is 39.5 Å². The van der Waals surface area contributed by atoms with Gasteiger partial charge in [-0.2, -0.15) is 0 Å². The number of benzene rings is 5. The zero-order chi connectivity index (χ0) is 22.0. The Morgan fingerprint density at radius 3 is 2.25 bits per heavy atom. The summed E-state index contributed by atoms with van der Waals surface area (Å²) >= 11 is 0. The Labute approximate surface area is 190 Å². The maximum atomic E-state index is 2.40. The lowest BCUT2D eigenvalue weighted by Gasteiger charge is -2.37. The Hall–Kier alpha value is -3.38. The molecule has 2 aliphatic carbocycles. The van der Waals surface area contributed by atoms with Crippen molar-refractivity contribution in [1.82, 2.24) is 0 Å². The van der Waals surface area contributed by atoms with E-state index in [1.807, 2.05) is 13.8 Å². The van der Waals surface area contributed by atoms with Crippen LogP contribution in [-0.4, -0.2) is 0 Å². The van der Waals surface area contributed by atoms with E-state index in [-0.39, 0.29) is 5.41 Å². The van der Waals surface area contributed by atoms with Crippen LogP contribution in [0, 0.1) is 0 Å². The second-order valence-electron chi connectivity index (χ2n) is 9.36. The monoisotopic (exact) mass is 412 g/mol. The summed E-state index contributed by atoms with van der Waals surface area (Å²) in [7, 11) is 0. The van der Waals surface area contributed by atoms with Crippen LogP contribution >= 0.6 is 0 Å². The predicted octanol–water partition coefficient (Wildman–Crippen LogP) is 9.05. The maximum Gasteiger partial charge on any atom is 0.0159 e. The lowest BCUT2D eigenvalue weighted by atomic mass is 9.66. The normalized spacial score (nSPS) is 14.9. The van der Waals surface area contributed by atoms with Crippen LogP contribution < -0.4 is 0 Å². The van der Waals surface area contributed by atoms with Gasteiger partial charge in [0.25, 0.3) is 0 Å². The predicted molar refractivity (Wildman–Crippen MR) is 141 cm³/mol. The molecule has 0 aromatic heterocycles. The summed E-state index contributed by atoms with van der Waals surface area (Å²) < 4.78 is 0. The van der Waals surface area contributed by atoms with Gasteiger partial charge in [0, 0.05) is 5.41 Å². The quantitative estimate of drug-likeness (QED) is 0.223. The molecule has 0 saturated carbocycles. The molecule has 0 nitrogen and oxygen atoms in total. The van der Waals surface area contributed by atoms with E-state index in [9.17, 15) is 0 Å². The molecule has 7 rings (SSSR count). The second-order valence-corrected chi connectivity index (χ2v) is 9.36. The molecule has 0 atom stereocenters. The highest BCUT2D eigenvalue weighted by molar-refractivity contribution is 6.15. The average molecular weight is 413 g/mol. The third-order valence-corrected chi connectivity index (χ3v) is 7.42. The highest BCUT2D eigenvalue weighted by Crippen LogP contribution is 2.52. The van der Waals surface area contributed by atoms with Crippen LogP contribution in [0.4, 0.5) is 0 Å². The summed E-state index contributed by atoms with van der Waals surface area (Å²) in [4.78, 5) is 0. The number of rotatable bonds is 0. The fourth-order valence-corrected chi connectivity index (χ4v) is 5.92. The van der Waals surface area contributed by atoms with Crippen molar-refractivity contribution in [3.05, 3.63) is 101 Å². The summed E-state index contributed by atoms with van der Waals surface area (Å²) in [6, 6.07) is 27.6. The van der Waals surface area contributed by atoms with Crippen LogP contribution in [0.15, 0.2) is 78.9 Å². The topological polar surface area (TPSA) is 0 Å². The van der Waals surface area contributed by atoms with E-state index in [0.29, 0.717) is 0 Å². The SMILES string of the molecule is CC.CC1(C)c2ccc3cc4ccccc4cc3c2-c2ccc3c4c(ccc1c24)C=CC3. The molecule has 0 heteroatoms. The number of allylic oxidation sites excluding steroid dienone is 1. The average Bonchev–Trinajstić information content (AvgIpc) is 2.83. The summed E-state index contributed by atoms with van der Waals surface area (Å²) in [5.41, 5.74) is 8.51. The van der Waals surface area contributed by atoms with E-state index >= 15 is 0 Å². The molecule has 0 fully saturated rings. The molecule has 2 aliphatic rings. The van der Waals surface area contributed by atoms with Crippen molar-refractivity contribution in [3.8, 4) is 11.1 Å². The van der Waals surface area contributed by atoms with Crippen molar-refractivity contribution in [1.29, 1.82) is 0 Å². The van der Waals surface area contributed by atoms with Crippen molar-refractivity contribution in [2.24, 2.45) is 0 Å². The fraction of sp³-hybridized carbons (Fsp3) is 0.188. The fourth-order valence-electron chi connectivity index (χ4n) is 5.92. The molecule has 0 bridgehead atoms. The molecule has 5 aromatic rings. The van der Waals surface area contributed by atoms with Crippen LogP contribution in [0.2, 0.25) is 0 Å². The molecule has 0 radical (unpaired) electrons. The zero-order valence-corrected chi connectivity index (χ0v) is 19.3. The first-order chi connectivity index (χ1) is 15.6. The molecular formula is C32H28. The minimum absolute atomic E-state index is 0.0273. The van der Waals surface area contributed by atoms with Gasteiger partial charge in [-0.05, 0) is 84.3 Å². The molecule has 0 saturated heterocycles. The van der Waals surface area contributed by atoms with Gasteiger partial charge in [0.2, 0.25) is 0 Å². The summed E-state index contributed by atoms with van der Waals surface area (Å²) in [5, 5.41) is 8.25. The largest absolute Gasteiger partial charge is 0.0795 e. The minimum atomic E-state index is -0.0273. The van der Waals surface area contributed by atoms with Crippen LogP contribution in [0.3, 0.4) is 0 Å². The third-order valence-electron chi connectivity index (χ3n) is 7.42. The van der Waals surface area contributed by atoms with Crippen molar-refractivity contribution in [3.63, 3.8) is 0 Å².